The van der Waals surface area contributed by atoms with E-state index in [1.807, 2.05) is 0 Å². The lowest BCUT2D eigenvalue weighted by Gasteiger charge is -2.22. The highest BCUT2D eigenvalue weighted by Gasteiger charge is 2.64. The first-order chi connectivity index (χ1) is 12.1. The number of anilines is 1. The van der Waals surface area contributed by atoms with Crippen LogP contribution in [0.15, 0.2) is 24.3 Å². The van der Waals surface area contributed by atoms with E-state index < -0.39 is 23.7 Å². The van der Waals surface area contributed by atoms with E-state index in [1.165, 1.54) is 7.11 Å². The zero-order valence-electron chi connectivity index (χ0n) is 13.8. The van der Waals surface area contributed by atoms with Crippen LogP contribution in [0.4, 0.5) is 5.69 Å². The minimum atomic E-state index is -0.476. The van der Waals surface area contributed by atoms with Gasteiger partial charge in [0.05, 0.1) is 18.9 Å². The molecule has 0 spiro atoms. The molecule has 132 valence electrons. The molecule has 1 amide bonds. The maximum atomic E-state index is 12.4. The van der Waals surface area contributed by atoms with E-state index in [1.54, 1.807) is 24.3 Å². The fourth-order valence-electron chi connectivity index (χ4n) is 4.46. The predicted molar refractivity (Wildman–Crippen MR) is 85.7 cm³/mol. The molecule has 2 aliphatic carbocycles. The zero-order chi connectivity index (χ0) is 17.6. The number of benzene rings is 1. The van der Waals surface area contributed by atoms with Crippen LogP contribution in [-0.2, 0) is 23.9 Å². The number of methoxy groups -OCH3 is 1. The van der Waals surface area contributed by atoms with Gasteiger partial charge in [-0.25, -0.2) is 0 Å². The van der Waals surface area contributed by atoms with Gasteiger partial charge in [-0.15, -0.1) is 0 Å². The Bertz CT molecular complexity index is 730. The van der Waals surface area contributed by atoms with Gasteiger partial charge in [0.2, 0.25) is 0 Å². The summed E-state index contributed by atoms with van der Waals surface area (Å²) in [6.45, 7) is -0.380. The average Bonchev–Trinajstić information content (AvgIpc) is 3.22. The molecule has 1 N–H and O–H groups in total. The van der Waals surface area contributed by atoms with E-state index in [9.17, 15) is 14.4 Å². The summed E-state index contributed by atoms with van der Waals surface area (Å²) in [7, 11) is 1.54. The number of carbonyl (C=O) groups excluding carboxylic acids is 3. The molecular weight excluding hydrogens is 326 g/mol. The summed E-state index contributed by atoms with van der Waals surface area (Å²) < 4.78 is 15.6. The van der Waals surface area contributed by atoms with E-state index in [-0.39, 0.29) is 30.5 Å². The highest BCUT2D eigenvalue weighted by Crippen LogP contribution is 2.57. The second kappa shape index (κ2) is 6.06. The van der Waals surface area contributed by atoms with Crippen molar-refractivity contribution in [2.45, 2.75) is 18.9 Å². The number of fused-ring (bicyclic) bond motifs is 1. The van der Waals surface area contributed by atoms with E-state index in [4.69, 9.17) is 14.2 Å². The highest BCUT2D eigenvalue weighted by atomic mass is 16.6. The summed E-state index contributed by atoms with van der Waals surface area (Å²) >= 11 is 0. The summed E-state index contributed by atoms with van der Waals surface area (Å²) in [5, 5.41) is 2.65. The number of ether oxygens (including phenoxy) is 3. The number of hydrogen-bond donors (Lipinski definition) is 1. The third-order valence-electron chi connectivity index (χ3n) is 5.45. The van der Waals surface area contributed by atoms with Crippen molar-refractivity contribution in [1.29, 1.82) is 0 Å². The third-order valence-corrected chi connectivity index (χ3v) is 5.45. The molecule has 4 rings (SSSR count). The number of hydrogen-bond acceptors (Lipinski definition) is 6. The van der Waals surface area contributed by atoms with Gasteiger partial charge < -0.3 is 19.5 Å². The molecule has 25 heavy (non-hydrogen) atoms. The van der Waals surface area contributed by atoms with E-state index in [0.29, 0.717) is 11.4 Å². The smallest absolute Gasteiger partial charge is 0.310 e. The molecule has 1 aromatic rings. The standard InChI is InChI=1S/C18H19NO6/c1-23-11-4-2-3-10(7-11)19-14(20)8-24-17(21)15-9-5-12-13(6-9)25-18(22)16(12)15/h2-4,7,9,12-13,15-16H,5-6,8H2,1H3,(H,19,20)/t9-,12+,13+,15-,16+/m1/s1. The van der Waals surface area contributed by atoms with Gasteiger partial charge >= 0.3 is 11.9 Å². The number of nitrogens with one attached hydrogen (secondary N) is 1. The van der Waals surface area contributed by atoms with Crippen molar-refractivity contribution in [2.75, 3.05) is 19.0 Å². The summed E-state index contributed by atoms with van der Waals surface area (Å²) in [5.41, 5.74) is 0.558. The number of esters is 2. The Kier molecular flexibility index (Phi) is 3.86. The van der Waals surface area contributed by atoms with Crippen molar-refractivity contribution >= 4 is 23.5 Å². The molecule has 2 saturated carbocycles. The molecule has 5 atom stereocenters. The van der Waals surface area contributed by atoms with Crippen molar-refractivity contribution < 1.29 is 28.6 Å². The first-order valence-corrected chi connectivity index (χ1v) is 8.38. The number of amides is 1. The van der Waals surface area contributed by atoms with Gasteiger partial charge in [-0.1, -0.05) is 6.07 Å². The Morgan fingerprint density at radius 1 is 1.32 bits per heavy atom. The zero-order valence-corrected chi connectivity index (χ0v) is 13.8. The number of carbonyl (C=O) groups is 3. The van der Waals surface area contributed by atoms with Crippen LogP contribution < -0.4 is 10.1 Å². The molecule has 3 aliphatic rings. The average molecular weight is 345 g/mol. The Hall–Kier alpha value is -2.57. The second-order valence-corrected chi connectivity index (χ2v) is 6.81. The van der Waals surface area contributed by atoms with Crippen LogP contribution in [0.5, 0.6) is 5.75 Å². The molecule has 0 radical (unpaired) electrons. The molecule has 7 heteroatoms. The fourth-order valence-corrected chi connectivity index (χ4v) is 4.46. The van der Waals surface area contributed by atoms with Crippen LogP contribution in [0.3, 0.4) is 0 Å². The molecule has 0 unspecified atom stereocenters. The van der Waals surface area contributed by atoms with Gasteiger partial charge in [0, 0.05) is 17.7 Å². The molecule has 1 heterocycles. The summed E-state index contributed by atoms with van der Waals surface area (Å²) in [5.74, 6) is -1.18. The van der Waals surface area contributed by atoms with Gasteiger partial charge in [0.25, 0.3) is 5.91 Å². The maximum Gasteiger partial charge on any atom is 0.310 e. The highest BCUT2D eigenvalue weighted by molar-refractivity contribution is 5.93. The fraction of sp³-hybridized carbons (Fsp3) is 0.500. The van der Waals surface area contributed by atoms with Crippen molar-refractivity contribution in [3.8, 4) is 5.75 Å². The Morgan fingerprint density at radius 3 is 2.96 bits per heavy atom. The van der Waals surface area contributed by atoms with Gasteiger partial charge in [-0.05, 0) is 30.9 Å². The first-order valence-electron chi connectivity index (χ1n) is 8.38. The van der Waals surface area contributed by atoms with Gasteiger partial charge in [0.15, 0.2) is 6.61 Å². The first kappa shape index (κ1) is 15.9. The minimum absolute atomic E-state index is 0.0251. The van der Waals surface area contributed by atoms with Crippen molar-refractivity contribution in [3.05, 3.63) is 24.3 Å². The second-order valence-electron chi connectivity index (χ2n) is 6.81. The van der Waals surface area contributed by atoms with Gasteiger partial charge in [-0.3, -0.25) is 14.4 Å². The van der Waals surface area contributed by atoms with Crippen LogP contribution in [0.2, 0.25) is 0 Å². The molecule has 1 saturated heterocycles. The topological polar surface area (TPSA) is 90.9 Å². The lowest BCUT2D eigenvalue weighted by molar-refractivity contribution is -0.157. The van der Waals surface area contributed by atoms with Crippen molar-refractivity contribution in [2.24, 2.45) is 23.7 Å². The third kappa shape index (κ3) is 2.73. The summed E-state index contributed by atoms with van der Waals surface area (Å²) in [4.78, 5) is 36.3. The quantitative estimate of drug-likeness (QED) is 0.811. The predicted octanol–water partition coefficient (Wildman–Crippen LogP) is 1.37. The van der Waals surface area contributed by atoms with Crippen LogP contribution in [0.1, 0.15) is 12.8 Å². The Balaban J connectivity index is 1.33. The normalized spacial score (nSPS) is 31.6. The van der Waals surface area contributed by atoms with E-state index >= 15 is 0 Å². The van der Waals surface area contributed by atoms with Crippen LogP contribution >= 0.6 is 0 Å². The van der Waals surface area contributed by atoms with Crippen molar-refractivity contribution in [3.63, 3.8) is 0 Å². The molecular formula is C18H19NO6. The Labute approximate surface area is 144 Å². The monoisotopic (exact) mass is 345 g/mol. The summed E-state index contributed by atoms with van der Waals surface area (Å²) in [6.07, 6.45) is 1.53. The molecule has 7 nitrogen and oxygen atoms in total. The molecule has 1 aliphatic heterocycles. The largest absolute Gasteiger partial charge is 0.497 e. The molecule has 3 fully saturated rings. The van der Waals surface area contributed by atoms with Crippen LogP contribution in [0.25, 0.3) is 0 Å². The molecule has 0 aromatic heterocycles. The maximum absolute atomic E-state index is 12.4. The SMILES string of the molecule is COc1cccc(NC(=O)COC(=O)[C@@H]2[C@@H]3C[C@@H]4[C@@H]2C(=O)O[C@H]4C3)c1. The number of rotatable bonds is 5. The van der Waals surface area contributed by atoms with E-state index in [2.05, 4.69) is 5.32 Å². The van der Waals surface area contributed by atoms with Crippen LogP contribution in [-0.4, -0.2) is 37.7 Å². The lowest BCUT2D eigenvalue weighted by Crippen LogP contribution is -2.34. The van der Waals surface area contributed by atoms with Gasteiger partial charge in [-0.2, -0.15) is 0 Å². The molecule has 1 aromatic carbocycles. The minimum Gasteiger partial charge on any atom is -0.497 e. The lowest BCUT2D eigenvalue weighted by atomic mass is 9.80. The Morgan fingerprint density at radius 2 is 2.16 bits per heavy atom. The van der Waals surface area contributed by atoms with Gasteiger partial charge in [0.1, 0.15) is 11.9 Å². The van der Waals surface area contributed by atoms with E-state index in [0.717, 1.165) is 12.8 Å². The van der Waals surface area contributed by atoms with Crippen molar-refractivity contribution in [1.82, 2.24) is 0 Å². The molecule has 2 bridgehead atoms. The van der Waals surface area contributed by atoms with Crippen LogP contribution in [0, 0.1) is 23.7 Å². The summed E-state index contributed by atoms with van der Waals surface area (Å²) in [6, 6.07) is 6.90.